The first-order valence-corrected chi connectivity index (χ1v) is 22.6. The summed E-state index contributed by atoms with van der Waals surface area (Å²) in [5, 5.41) is 0. The summed E-state index contributed by atoms with van der Waals surface area (Å²) in [6.45, 7) is 2.43. The molecule has 278 valence electrons. The van der Waals surface area contributed by atoms with E-state index < -0.39 is 15.4 Å². The Labute approximate surface area is 351 Å². The first kappa shape index (κ1) is 34.8. The summed E-state index contributed by atoms with van der Waals surface area (Å²) in [4.78, 5) is 9.21. The van der Waals surface area contributed by atoms with Crippen molar-refractivity contribution < 1.29 is 4.74 Å². The van der Waals surface area contributed by atoms with Crippen LogP contribution in [0.5, 0.6) is 11.5 Å². The van der Waals surface area contributed by atoms with Crippen LogP contribution in [-0.2, 0) is 5.41 Å². The monoisotopic (exact) mass is 772 g/mol. The molecule has 0 spiro atoms. The molecule has 3 heterocycles. The molecule has 0 saturated heterocycles. The smallest absolute Gasteiger partial charge is 0.150 e. The van der Waals surface area contributed by atoms with E-state index >= 15 is 0 Å². The van der Waals surface area contributed by atoms with E-state index in [1.165, 1.54) is 92.7 Å². The fourth-order valence-corrected chi connectivity index (χ4v) is 15.3. The van der Waals surface area contributed by atoms with Gasteiger partial charge in [-0.25, -0.2) is 0 Å². The third-order valence-electron chi connectivity index (χ3n) is 13.2. The summed E-state index contributed by atoms with van der Waals surface area (Å²) in [5.41, 5.74) is 19.1. The van der Waals surface area contributed by atoms with Crippen LogP contribution in [0.25, 0.3) is 11.1 Å². The van der Waals surface area contributed by atoms with E-state index in [-0.39, 0.29) is 0 Å². The fourth-order valence-electron chi connectivity index (χ4n) is 10.9. The van der Waals surface area contributed by atoms with Crippen molar-refractivity contribution in [3.05, 3.63) is 186 Å². The Bertz CT molecular complexity index is 3030. The molecule has 1 unspecified atom stereocenters. The van der Waals surface area contributed by atoms with E-state index in [2.05, 4.69) is 212 Å². The van der Waals surface area contributed by atoms with Gasteiger partial charge in [0, 0.05) is 21.8 Å². The summed E-state index contributed by atoms with van der Waals surface area (Å²) in [5.74, 6) is 2.95. The maximum absolute atomic E-state index is 7.72. The summed E-state index contributed by atoms with van der Waals surface area (Å²) in [6.07, 6.45) is 0. The average molecular weight is 772 g/mol. The van der Waals surface area contributed by atoms with Crippen molar-refractivity contribution in [1.29, 1.82) is 0 Å². The van der Waals surface area contributed by atoms with Crippen LogP contribution < -0.4 is 36.4 Å². The summed E-state index contributed by atoms with van der Waals surface area (Å²) < 4.78 is 7.72. The number of hydrogen-bond donors (Lipinski definition) is 0. The van der Waals surface area contributed by atoms with Gasteiger partial charge in [-0.1, -0.05) is 138 Å². The Balaban J connectivity index is 1.30. The number of ether oxygens (including phenoxy) is 1. The van der Waals surface area contributed by atoms with Crippen molar-refractivity contribution in [2.75, 3.05) is 15.6 Å². The molecule has 59 heavy (non-hydrogen) atoms. The second-order valence-electron chi connectivity index (χ2n) is 16.7. The second-order valence-corrected chi connectivity index (χ2v) is 20.0. The lowest BCUT2D eigenvalue weighted by molar-refractivity contribution is 0.454. The highest BCUT2D eigenvalue weighted by Gasteiger charge is 2.56. The van der Waals surface area contributed by atoms with Crippen LogP contribution in [-0.4, -0.2) is 37.1 Å². The van der Waals surface area contributed by atoms with Gasteiger partial charge in [-0.3, -0.25) is 0 Å². The molecule has 0 radical (unpaired) electrons. The zero-order valence-electron chi connectivity index (χ0n) is 34.0. The molecule has 0 N–H and O–H groups in total. The first-order chi connectivity index (χ1) is 28.8. The maximum Gasteiger partial charge on any atom is 0.150 e. The highest BCUT2D eigenvalue weighted by molar-refractivity contribution is 8.34. The number of anilines is 6. The number of nitrogens with zero attached hydrogens (tertiary/aromatic N) is 2. The van der Waals surface area contributed by atoms with Crippen molar-refractivity contribution in [1.82, 2.24) is 0 Å². The van der Waals surface area contributed by atoms with Gasteiger partial charge in [-0.05, 0) is 88.2 Å². The Morgan fingerprint density at radius 1 is 0.492 bits per heavy atom. The molecule has 0 fully saturated rings. The van der Waals surface area contributed by atoms with Crippen LogP contribution >= 0.6 is 10.0 Å². The maximum atomic E-state index is 7.72. The SMILES string of the molecule is Bc1ccc(N2c3cc(B)cc4c3S3(CC)c5c2cc(B)cc5N(c2ccc(B)cc2)c2cc5c(c(c23)O4)-c2ccccc2C5(c2ccccc2)c2ccccc2)cc1. The van der Waals surface area contributed by atoms with Gasteiger partial charge < -0.3 is 14.5 Å². The largest absolute Gasteiger partial charge is 0.454 e. The molecule has 12 rings (SSSR count). The second kappa shape index (κ2) is 12.4. The van der Waals surface area contributed by atoms with Crippen LogP contribution in [0.3, 0.4) is 0 Å². The van der Waals surface area contributed by atoms with Gasteiger partial charge >= 0.3 is 0 Å². The molecule has 8 aromatic rings. The van der Waals surface area contributed by atoms with Gasteiger partial charge in [0.2, 0.25) is 0 Å². The van der Waals surface area contributed by atoms with Crippen molar-refractivity contribution in [2.24, 2.45) is 0 Å². The molecule has 8 heteroatoms. The molecule has 0 bridgehead atoms. The van der Waals surface area contributed by atoms with Gasteiger partial charge in [0.05, 0.1) is 38.0 Å². The van der Waals surface area contributed by atoms with Crippen LogP contribution in [0.1, 0.15) is 29.2 Å². The molecule has 1 atom stereocenters. The van der Waals surface area contributed by atoms with E-state index in [9.17, 15) is 0 Å². The van der Waals surface area contributed by atoms with E-state index in [0.29, 0.717) is 0 Å². The van der Waals surface area contributed by atoms with E-state index in [0.717, 1.165) is 28.6 Å². The molecule has 8 aromatic carbocycles. The summed E-state index contributed by atoms with van der Waals surface area (Å²) in [7, 11) is 6.95. The van der Waals surface area contributed by atoms with Gasteiger partial charge in [-0.15, -0.1) is 10.0 Å². The van der Waals surface area contributed by atoms with Crippen molar-refractivity contribution in [3.8, 4) is 22.6 Å². The summed E-state index contributed by atoms with van der Waals surface area (Å²) >= 11 is 0. The van der Waals surface area contributed by atoms with Crippen LogP contribution in [0.2, 0.25) is 0 Å². The lowest BCUT2D eigenvalue weighted by Crippen LogP contribution is -2.34. The zero-order chi connectivity index (χ0) is 39.8. The molecule has 1 aliphatic carbocycles. The highest BCUT2D eigenvalue weighted by atomic mass is 32.3. The third-order valence-corrected chi connectivity index (χ3v) is 17.4. The highest BCUT2D eigenvalue weighted by Crippen LogP contribution is 2.86. The minimum Gasteiger partial charge on any atom is -0.454 e. The van der Waals surface area contributed by atoms with E-state index in [4.69, 9.17) is 4.74 Å². The van der Waals surface area contributed by atoms with Crippen molar-refractivity contribution in [3.63, 3.8) is 0 Å². The minimum atomic E-state index is -1.89. The van der Waals surface area contributed by atoms with Gasteiger partial charge in [0.15, 0.2) is 0 Å². The summed E-state index contributed by atoms with van der Waals surface area (Å²) in [6, 6.07) is 61.8. The van der Waals surface area contributed by atoms with Crippen LogP contribution in [0.4, 0.5) is 34.1 Å². The molecule has 0 aromatic heterocycles. The average Bonchev–Trinajstić information content (AvgIpc) is 3.56. The zero-order valence-corrected chi connectivity index (χ0v) is 34.8. The first-order valence-electron chi connectivity index (χ1n) is 20.8. The van der Waals surface area contributed by atoms with Crippen molar-refractivity contribution >= 4 is 97.4 Å². The van der Waals surface area contributed by atoms with E-state index in [1.807, 2.05) is 0 Å². The van der Waals surface area contributed by atoms with Gasteiger partial charge in [-0.2, -0.15) is 0 Å². The number of hydrogen-bond acceptors (Lipinski definition) is 3. The fraction of sp³-hybridized carbons (Fsp3) is 0.0588. The molecular weight excluding hydrogens is 732 g/mol. The molecule has 3 aliphatic heterocycles. The van der Waals surface area contributed by atoms with Gasteiger partial charge in [0.25, 0.3) is 0 Å². The lowest BCUT2D eigenvalue weighted by atomic mass is 9.67. The number of rotatable bonds is 5. The molecule has 3 nitrogen and oxygen atoms in total. The number of fused-ring (bicyclic) bond motifs is 4. The topological polar surface area (TPSA) is 15.7 Å². The minimum absolute atomic E-state index is 0.581. The van der Waals surface area contributed by atoms with Crippen molar-refractivity contribution in [2.45, 2.75) is 27.0 Å². The lowest BCUT2D eigenvalue weighted by Gasteiger charge is -2.57. The Hall–Kier alpha value is -6.23. The van der Waals surface area contributed by atoms with E-state index in [1.54, 1.807) is 0 Å². The third kappa shape index (κ3) is 4.45. The predicted molar refractivity (Wildman–Crippen MR) is 259 cm³/mol. The molecular formula is C51H40B4N2OS. The van der Waals surface area contributed by atoms with Crippen LogP contribution in [0.15, 0.2) is 178 Å². The van der Waals surface area contributed by atoms with Crippen LogP contribution in [0, 0.1) is 0 Å². The predicted octanol–water partition coefficient (Wildman–Crippen LogP) is 7.06. The molecule has 0 amide bonds. The molecule has 0 saturated carbocycles. The number of benzene rings is 8. The Kier molecular flexibility index (Phi) is 7.30. The van der Waals surface area contributed by atoms with Gasteiger partial charge in [0.1, 0.15) is 42.9 Å². The standard InChI is InChI=1S/C51H40B4N2OS/c1-2-59-48-41-25-34(54)26-42(48)57(37-23-19-33(53)20-24-37)44-29-40-46(38-15-9-10-16-39(38)51(40,30-11-5-3-6-12-30)31-13-7-4-8-14-31)47(50(44)59)58-45-28-35(55)27-43(49(45)59)56(41)36-21-17-32(52)18-22-36/h3-29H,2,52-55H2,1H3. The normalized spacial score (nSPS) is 17.9. The quantitative estimate of drug-likeness (QED) is 0.175. The Morgan fingerprint density at radius 3 is 1.54 bits per heavy atom. The Morgan fingerprint density at radius 2 is 0.983 bits per heavy atom. The molecule has 4 aliphatic rings.